The molecule has 3 unspecified atom stereocenters. The summed E-state index contributed by atoms with van der Waals surface area (Å²) in [4.78, 5) is 39.9. The van der Waals surface area contributed by atoms with Crippen LogP contribution >= 0.6 is 0 Å². The Labute approximate surface area is 178 Å². The van der Waals surface area contributed by atoms with Gasteiger partial charge in [0.15, 0.2) is 11.4 Å². The minimum Gasteiger partial charge on any atom is -0.463 e. The second kappa shape index (κ2) is 8.82. The van der Waals surface area contributed by atoms with Gasteiger partial charge in [0.25, 0.3) is 5.60 Å². The standard InChI is InChI=1S/C24H31NO5/c1-5-6-9-17(14-25-4)15-29-22(28)24-21(27)19-11-8-7-10-18(19)20(26)23(24,30-24)13-12-16(2)3/h7-8,10-12,17,25H,5-6,9,13-15H2,1-4H3. The molecule has 3 rings (SSSR count). The summed E-state index contributed by atoms with van der Waals surface area (Å²) in [5, 5.41) is 3.12. The van der Waals surface area contributed by atoms with Gasteiger partial charge in [-0.1, -0.05) is 55.7 Å². The van der Waals surface area contributed by atoms with Gasteiger partial charge in [-0.25, -0.2) is 4.79 Å². The lowest BCUT2D eigenvalue weighted by Crippen LogP contribution is -2.50. The number of Topliss-reactive ketones (excluding diaryl/α,β-unsaturated/α-hetero) is 2. The first-order chi connectivity index (χ1) is 14.3. The summed E-state index contributed by atoms with van der Waals surface area (Å²) in [6.07, 6.45) is 4.99. The van der Waals surface area contributed by atoms with E-state index in [9.17, 15) is 14.4 Å². The number of benzene rings is 1. The molecule has 1 saturated heterocycles. The Kier molecular flexibility index (Phi) is 6.58. The van der Waals surface area contributed by atoms with Crippen molar-refractivity contribution >= 4 is 17.5 Å². The molecule has 6 heteroatoms. The van der Waals surface area contributed by atoms with Gasteiger partial charge in [0.1, 0.15) is 0 Å². The molecule has 0 aromatic heterocycles. The predicted molar refractivity (Wildman–Crippen MR) is 114 cm³/mol. The van der Waals surface area contributed by atoms with E-state index in [1.807, 2.05) is 27.0 Å². The minimum atomic E-state index is -1.88. The van der Waals surface area contributed by atoms with Crippen LogP contribution in [0.15, 0.2) is 35.9 Å². The van der Waals surface area contributed by atoms with E-state index in [1.54, 1.807) is 24.3 Å². The molecule has 0 saturated carbocycles. The number of ether oxygens (including phenoxy) is 2. The average molecular weight is 414 g/mol. The number of hydrogen-bond donors (Lipinski definition) is 1. The fraction of sp³-hybridized carbons (Fsp3) is 0.542. The quantitative estimate of drug-likeness (QED) is 0.274. The molecule has 3 atom stereocenters. The molecule has 0 amide bonds. The molecule has 1 heterocycles. The Morgan fingerprint density at radius 2 is 1.87 bits per heavy atom. The van der Waals surface area contributed by atoms with Crippen molar-refractivity contribution in [2.45, 2.75) is 57.7 Å². The summed E-state index contributed by atoms with van der Waals surface area (Å²) in [7, 11) is 1.86. The van der Waals surface area contributed by atoms with Gasteiger partial charge in [-0.05, 0) is 27.3 Å². The van der Waals surface area contributed by atoms with E-state index in [0.717, 1.165) is 24.8 Å². The van der Waals surface area contributed by atoms with Crippen LogP contribution in [0.3, 0.4) is 0 Å². The van der Waals surface area contributed by atoms with Crippen LogP contribution in [0.2, 0.25) is 0 Å². The fourth-order valence-electron chi connectivity index (χ4n) is 4.20. The largest absolute Gasteiger partial charge is 0.463 e. The van der Waals surface area contributed by atoms with Gasteiger partial charge >= 0.3 is 5.97 Å². The number of unbranched alkanes of at least 4 members (excludes halogenated alkanes) is 1. The van der Waals surface area contributed by atoms with Crippen LogP contribution in [0.1, 0.15) is 67.2 Å². The molecule has 2 aliphatic rings. The first-order valence-electron chi connectivity index (χ1n) is 10.7. The molecule has 1 N–H and O–H groups in total. The maximum atomic E-state index is 13.3. The monoisotopic (exact) mass is 413 g/mol. The minimum absolute atomic E-state index is 0.142. The molecule has 6 nitrogen and oxygen atoms in total. The normalized spacial score (nSPS) is 25.2. The zero-order valence-electron chi connectivity index (χ0n) is 18.2. The summed E-state index contributed by atoms with van der Waals surface area (Å²) in [5.74, 6) is -1.42. The maximum absolute atomic E-state index is 13.3. The number of allylic oxidation sites excluding steroid dienone is 1. The van der Waals surface area contributed by atoms with Gasteiger partial charge < -0.3 is 14.8 Å². The lowest BCUT2D eigenvalue weighted by atomic mass is 9.72. The Balaban J connectivity index is 1.89. The summed E-state index contributed by atoms with van der Waals surface area (Å²) >= 11 is 0. The van der Waals surface area contributed by atoms with Crippen molar-refractivity contribution in [3.8, 4) is 0 Å². The molecule has 0 radical (unpaired) electrons. The summed E-state index contributed by atoms with van der Waals surface area (Å²) in [5.41, 5.74) is -1.87. The first kappa shape index (κ1) is 22.4. The summed E-state index contributed by atoms with van der Waals surface area (Å²) in [6.45, 7) is 6.81. The molecule has 162 valence electrons. The number of ketones is 2. The van der Waals surface area contributed by atoms with Crippen molar-refractivity contribution in [1.82, 2.24) is 5.32 Å². The number of epoxide rings is 1. The van der Waals surface area contributed by atoms with Gasteiger partial charge in [0.05, 0.1) is 6.61 Å². The zero-order valence-corrected chi connectivity index (χ0v) is 18.2. The molecule has 30 heavy (non-hydrogen) atoms. The topological polar surface area (TPSA) is 85.0 Å². The highest BCUT2D eigenvalue weighted by Crippen LogP contribution is 2.58. The maximum Gasteiger partial charge on any atom is 0.350 e. The van der Waals surface area contributed by atoms with Gasteiger partial charge in [-0.2, -0.15) is 0 Å². The molecule has 1 aromatic carbocycles. The van der Waals surface area contributed by atoms with Crippen LogP contribution in [0.4, 0.5) is 0 Å². The van der Waals surface area contributed by atoms with Crippen molar-refractivity contribution in [3.05, 3.63) is 47.0 Å². The number of rotatable bonds is 10. The van der Waals surface area contributed by atoms with Gasteiger partial charge in [0, 0.05) is 30.0 Å². The van der Waals surface area contributed by atoms with Crippen molar-refractivity contribution < 1.29 is 23.9 Å². The van der Waals surface area contributed by atoms with Crippen LogP contribution in [0.25, 0.3) is 0 Å². The third kappa shape index (κ3) is 3.63. The summed E-state index contributed by atoms with van der Waals surface area (Å²) < 4.78 is 11.4. The van der Waals surface area contributed by atoms with Crippen molar-refractivity contribution in [2.75, 3.05) is 20.2 Å². The highest BCUT2D eigenvalue weighted by atomic mass is 16.7. The lowest BCUT2D eigenvalue weighted by Gasteiger charge is -2.24. The van der Waals surface area contributed by atoms with Crippen LogP contribution in [0.5, 0.6) is 0 Å². The smallest absolute Gasteiger partial charge is 0.350 e. The predicted octanol–water partition coefficient (Wildman–Crippen LogP) is 3.50. The second-order valence-corrected chi connectivity index (χ2v) is 8.46. The number of fused-ring (bicyclic) bond motifs is 2. The van der Waals surface area contributed by atoms with Gasteiger partial charge in [0.2, 0.25) is 5.78 Å². The highest BCUT2D eigenvalue weighted by Gasteiger charge is 2.85. The molecule has 0 bridgehead atoms. The number of carbonyl (C=O) groups excluding carboxylic acids is 3. The van der Waals surface area contributed by atoms with Crippen LogP contribution < -0.4 is 5.32 Å². The number of esters is 1. The molecular formula is C24H31NO5. The highest BCUT2D eigenvalue weighted by molar-refractivity contribution is 6.32. The van der Waals surface area contributed by atoms with Crippen LogP contribution in [0, 0.1) is 5.92 Å². The van der Waals surface area contributed by atoms with E-state index < -0.39 is 23.0 Å². The fourth-order valence-corrected chi connectivity index (χ4v) is 4.20. The van der Waals surface area contributed by atoms with E-state index in [-0.39, 0.29) is 30.3 Å². The van der Waals surface area contributed by atoms with E-state index >= 15 is 0 Å². The van der Waals surface area contributed by atoms with Gasteiger partial charge in [-0.3, -0.25) is 9.59 Å². The van der Waals surface area contributed by atoms with Gasteiger partial charge in [-0.15, -0.1) is 0 Å². The van der Waals surface area contributed by atoms with Crippen LogP contribution in [-0.2, 0) is 14.3 Å². The molecular weight excluding hydrogens is 382 g/mol. The van der Waals surface area contributed by atoms with E-state index in [2.05, 4.69) is 12.2 Å². The molecule has 1 aliphatic carbocycles. The Hall–Kier alpha value is -2.31. The molecule has 1 aliphatic heterocycles. The molecule has 1 aromatic rings. The Morgan fingerprint density at radius 1 is 1.20 bits per heavy atom. The van der Waals surface area contributed by atoms with E-state index in [4.69, 9.17) is 9.47 Å². The van der Waals surface area contributed by atoms with Crippen molar-refractivity contribution in [2.24, 2.45) is 5.92 Å². The number of carbonyl (C=O) groups is 3. The Morgan fingerprint density at radius 3 is 2.47 bits per heavy atom. The van der Waals surface area contributed by atoms with E-state index in [0.29, 0.717) is 12.1 Å². The SMILES string of the molecule is CCCCC(CNC)COC(=O)C12OC1(CC=C(C)C)C(=O)c1ccccc1C2=O. The molecule has 0 spiro atoms. The Bertz CT molecular complexity index is 872. The molecule has 1 fully saturated rings. The third-order valence-electron chi connectivity index (χ3n) is 5.95. The first-order valence-corrected chi connectivity index (χ1v) is 10.7. The lowest BCUT2D eigenvalue weighted by molar-refractivity contribution is -0.149. The number of nitrogens with one attached hydrogen (secondary N) is 1. The third-order valence-corrected chi connectivity index (χ3v) is 5.95. The zero-order chi connectivity index (χ0) is 21.9. The van der Waals surface area contributed by atoms with Crippen molar-refractivity contribution in [1.29, 1.82) is 0 Å². The summed E-state index contributed by atoms with van der Waals surface area (Å²) in [6, 6.07) is 6.58. The second-order valence-electron chi connectivity index (χ2n) is 8.46. The van der Waals surface area contributed by atoms with Crippen molar-refractivity contribution in [3.63, 3.8) is 0 Å². The average Bonchev–Trinajstić information content (AvgIpc) is 3.45. The number of hydrogen-bond acceptors (Lipinski definition) is 6. The van der Waals surface area contributed by atoms with E-state index in [1.165, 1.54) is 0 Å². The van der Waals surface area contributed by atoms with Crippen LogP contribution in [-0.4, -0.2) is 48.9 Å².